The van der Waals surface area contributed by atoms with Crippen molar-refractivity contribution in [3.63, 3.8) is 0 Å². The topological polar surface area (TPSA) is 83.5 Å². The molecule has 0 radical (unpaired) electrons. The summed E-state index contributed by atoms with van der Waals surface area (Å²) < 4.78 is 26.5. The molecule has 0 atom stereocenters. The Kier molecular flexibility index (Phi) is 4.29. The Morgan fingerprint density at radius 3 is 2.41 bits per heavy atom. The smallest absolute Gasteiger partial charge is 0.335 e. The second-order valence-corrected chi connectivity index (χ2v) is 6.39. The summed E-state index contributed by atoms with van der Waals surface area (Å²) in [5.41, 5.74) is -0.0801. The van der Waals surface area contributed by atoms with E-state index in [1.165, 1.54) is 12.1 Å². The van der Waals surface area contributed by atoms with Crippen molar-refractivity contribution in [2.45, 2.75) is 24.8 Å². The number of aromatic carboxylic acids is 1. The number of hydrogen-bond donors (Lipinski definition) is 2. The van der Waals surface area contributed by atoms with Crippen LogP contribution in [-0.2, 0) is 10.0 Å². The number of nitrogens with one attached hydrogen (secondary N) is 1. The average Bonchev–Trinajstić information content (AvgIpc) is 2.14. The Morgan fingerprint density at radius 1 is 1.35 bits per heavy atom. The van der Waals surface area contributed by atoms with Crippen LogP contribution in [0.15, 0.2) is 27.6 Å². The van der Waals surface area contributed by atoms with Crippen molar-refractivity contribution in [2.75, 3.05) is 0 Å². The summed E-state index contributed by atoms with van der Waals surface area (Å²) in [4.78, 5) is 10.7. The minimum absolute atomic E-state index is 0.0713. The van der Waals surface area contributed by atoms with Gasteiger partial charge < -0.3 is 5.11 Å². The fourth-order valence-corrected chi connectivity index (χ4v) is 3.19. The molecular formula is C10H12BrNO4S. The lowest BCUT2D eigenvalue weighted by atomic mass is 10.2. The van der Waals surface area contributed by atoms with E-state index >= 15 is 0 Å². The Morgan fingerprint density at radius 2 is 1.94 bits per heavy atom. The summed E-state index contributed by atoms with van der Waals surface area (Å²) in [6, 6.07) is 3.57. The third kappa shape index (κ3) is 3.79. The molecule has 0 aromatic heterocycles. The third-order valence-corrected chi connectivity index (χ3v) is 3.92. The zero-order valence-electron chi connectivity index (χ0n) is 9.27. The fraction of sp³-hybridized carbons (Fsp3) is 0.300. The molecule has 0 bridgehead atoms. The van der Waals surface area contributed by atoms with Crippen LogP contribution in [0, 0.1) is 0 Å². The molecule has 0 amide bonds. The van der Waals surface area contributed by atoms with E-state index in [0.717, 1.165) is 6.07 Å². The van der Waals surface area contributed by atoms with Gasteiger partial charge in [0, 0.05) is 10.5 Å². The molecule has 94 valence electrons. The van der Waals surface area contributed by atoms with Crippen molar-refractivity contribution >= 4 is 31.9 Å². The molecule has 1 aromatic carbocycles. The number of halogens is 1. The van der Waals surface area contributed by atoms with Crippen molar-refractivity contribution in [3.05, 3.63) is 28.2 Å². The summed E-state index contributed by atoms with van der Waals surface area (Å²) in [6.07, 6.45) is 0. The fourth-order valence-electron chi connectivity index (χ4n) is 1.22. The minimum Gasteiger partial charge on any atom is -0.478 e. The highest BCUT2D eigenvalue weighted by Crippen LogP contribution is 2.19. The van der Waals surface area contributed by atoms with Crippen LogP contribution in [0.25, 0.3) is 0 Å². The van der Waals surface area contributed by atoms with Gasteiger partial charge in [-0.1, -0.05) is 15.9 Å². The lowest BCUT2D eigenvalue weighted by Crippen LogP contribution is -2.30. The Hall–Kier alpha value is -0.920. The van der Waals surface area contributed by atoms with Gasteiger partial charge in [-0.3, -0.25) is 0 Å². The predicted molar refractivity (Wildman–Crippen MR) is 66.6 cm³/mol. The molecule has 0 aliphatic rings. The molecule has 0 saturated carbocycles. The quantitative estimate of drug-likeness (QED) is 0.886. The van der Waals surface area contributed by atoms with Gasteiger partial charge in [-0.15, -0.1) is 0 Å². The van der Waals surface area contributed by atoms with Crippen LogP contribution in [-0.4, -0.2) is 25.5 Å². The molecule has 0 aliphatic carbocycles. The van der Waals surface area contributed by atoms with Crippen molar-refractivity contribution in [1.29, 1.82) is 0 Å². The lowest BCUT2D eigenvalue weighted by molar-refractivity contribution is 0.0696. The molecular weight excluding hydrogens is 310 g/mol. The summed E-state index contributed by atoms with van der Waals surface area (Å²) in [5.74, 6) is -1.17. The maximum atomic E-state index is 11.8. The van der Waals surface area contributed by atoms with Gasteiger partial charge in [-0.2, -0.15) is 0 Å². The highest BCUT2D eigenvalue weighted by atomic mass is 79.9. The maximum Gasteiger partial charge on any atom is 0.335 e. The number of sulfonamides is 1. The Bertz CT molecular complexity index is 539. The van der Waals surface area contributed by atoms with E-state index in [4.69, 9.17) is 5.11 Å². The number of carboxylic acids is 1. The van der Waals surface area contributed by atoms with Crippen LogP contribution < -0.4 is 4.72 Å². The van der Waals surface area contributed by atoms with Gasteiger partial charge in [0.15, 0.2) is 0 Å². The second-order valence-electron chi connectivity index (χ2n) is 3.76. The molecule has 2 N–H and O–H groups in total. The normalized spacial score (nSPS) is 11.8. The van der Waals surface area contributed by atoms with Gasteiger partial charge in [0.2, 0.25) is 10.0 Å². The van der Waals surface area contributed by atoms with E-state index in [2.05, 4.69) is 20.7 Å². The number of carbonyl (C=O) groups is 1. The molecule has 5 nitrogen and oxygen atoms in total. The first-order valence-corrected chi connectivity index (χ1v) is 7.06. The molecule has 0 saturated heterocycles. The number of benzene rings is 1. The van der Waals surface area contributed by atoms with Gasteiger partial charge >= 0.3 is 5.97 Å². The first-order chi connectivity index (χ1) is 7.72. The van der Waals surface area contributed by atoms with E-state index in [-0.39, 0.29) is 16.5 Å². The number of rotatable bonds is 4. The van der Waals surface area contributed by atoms with Gasteiger partial charge in [0.05, 0.1) is 10.5 Å². The molecule has 17 heavy (non-hydrogen) atoms. The zero-order valence-corrected chi connectivity index (χ0v) is 11.7. The van der Waals surface area contributed by atoms with Crippen molar-refractivity contribution in [2.24, 2.45) is 0 Å². The first kappa shape index (κ1) is 14.1. The standard InChI is InChI=1S/C10H12BrNO4S/c1-6(2)12-17(15,16)9-4-7(10(13)14)3-8(11)5-9/h3-6,12H,1-2H3,(H,13,14). The van der Waals surface area contributed by atoms with Crippen molar-refractivity contribution in [1.82, 2.24) is 4.72 Å². The summed E-state index contributed by atoms with van der Waals surface area (Å²) in [6.45, 7) is 3.38. The van der Waals surface area contributed by atoms with Gasteiger partial charge in [0.25, 0.3) is 0 Å². The molecule has 0 heterocycles. The summed E-state index contributed by atoms with van der Waals surface area (Å²) in [5, 5.41) is 8.85. The Balaban J connectivity index is 3.27. The van der Waals surface area contributed by atoms with Gasteiger partial charge in [-0.05, 0) is 32.0 Å². The van der Waals surface area contributed by atoms with Crippen LogP contribution in [0.1, 0.15) is 24.2 Å². The molecule has 7 heteroatoms. The molecule has 1 rings (SSSR count). The van der Waals surface area contributed by atoms with Crippen LogP contribution >= 0.6 is 15.9 Å². The van der Waals surface area contributed by atoms with E-state index in [1.54, 1.807) is 13.8 Å². The molecule has 0 fully saturated rings. The maximum absolute atomic E-state index is 11.8. The third-order valence-electron chi connectivity index (χ3n) is 1.82. The van der Waals surface area contributed by atoms with Gasteiger partial charge in [-0.25, -0.2) is 17.9 Å². The highest BCUT2D eigenvalue weighted by molar-refractivity contribution is 9.10. The van der Waals surface area contributed by atoms with Crippen molar-refractivity contribution in [3.8, 4) is 0 Å². The van der Waals surface area contributed by atoms with Gasteiger partial charge in [0.1, 0.15) is 0 Å². The zero-order chi connectivity index (χ0) is 13.2. The first-order valence-electron chi connectivity index (χ1n) is 4.78. The lowest BCUT2D eigenvalue weighted by Gasteiger charge is -2.10. The molecule has 0 aliphatic heterocycles. The van der Waals surface area contributed by atoms with Crippen LogP contribution in [0.3, 0.4) is 0 Å². The van der Waals surface area contributed by atoms with E-state index < -0.39 is 16.0 Å². The van der Waals surface area contributed by atoms with E-state index in [0.29, 0.717) is 4.47 Å². The van der Waals surface area contributed by atoms with E-state index in [1.807, 2.05) is 0 Å². The monoisotopic (exact) mass is 321 g/mol. The SMILES string of the molecule is CC(C)NS(=O)(=O)c1cc(Br)cc(C(=O)O)c1. The molecule has 0 spiro atoms. The van der Waals surface area contributed by atoms with Crippen molar-refractivity contribution < 1.29 is 18.3 Å². The average molecular weight is 322 g/mol. The van der Waals surface area contributed by atoms with Crippen LogP contribution in [0.2, 0.25) is 0 Å². The molecule has 0 unspecified atom stereocenters. The Labute approximate surface area is 108 Å². The van der Waals surface area contributed by atoms with Crippen LogP contribution in [0.4, 0.5) is 0 Å². The predicted octanol–water partition coefficient (Wildman–Crippen LogP) is 1.83. The summed E-state index contributed by atoms with van der Waals surface area (Å²) in [7, 11) is -3.68. The number of hydrogen-bond acceptors (Lipinski definition) is 3. The minimum atomic E-state index is -3.68. The second kappa shape index (κ2) is 5.16. The van der Waals surface area contributed by atoms with E-state index in [9.17, 15) is 13.2 Å². The summed E-state index contributed by atoms with van der Waals surface area (Å²) >= 11 is 3.08. The van der Waals surface area contributed by atoms with Crippen LogP contribution in [0.5, 0.6) is 0 Å². The largest absolute Gasteiger partial charge is 0.478 e. The highest BCUT2D eigenvalue weighted by Gasteiger charge is 2.18. The molecule has 1 aromatic rings. The number of carboxylic acid groups (broad SMARTS) is 1.